The second-order valence-electron chi connectivity index (χ2n) is 10.2. The van der Waals surface area contributed by atoms with E-state index in [1.165, 1.54) is 6.42 Å². The molecular formula is C28H32N4O2. The number of aromatic nitrogens is 1. The summed E-state index contributed by atoms with van der Waals surface area (Å²) in [5.74, 6) is -0.0463. The lowest BCUT2D eigenvalue weighted by Crippen LogP contribution is -2.62. The van der Waals surface area contributed by atoms with Crippen LogP contribution in [0.25, 0.3) is 10.9 Å². The van der Waals surface area contributed by atoms with Gasteiger partial charge in [-0.25, -0.2) is 4.79 Å². The lowest BCUT2D eigenvalue weighted by atomic mass is 9.80. The van der Waals surface area contributed by atoms with E-state index in [4.69, 9.17) is 0 Å². The van der Waals surface area contributed by atoms with Crippen LogP contribution in [0, 0.1) is 0 Å². The van der Waals surface area contributed by atoms with Gasteiger partial charge in [-0.2, -0.15) is 0 Å². The molecule has 2 aromatic carbocycles. The summed E-state index contributed by atoms with van der Waals surface area (Å²) in [6.45, 7) is 4.57. The Kier molecular flexibility index (Phi) is 4.94. The number of rotatable bonds is 2. The number of H-pyrrole nitrogens is 1. The highest BCUT2D eigenvalue weighted by Crippen LogP contribution is 2.52. The number of hydrogen-bond acceptors (Lipinski definition) is 2. The topological polar surface area (TPSA) is 68.4 Å². The maximum atomic E-state index is 14.5. The van der Waals surface area contributed by atoms with Crippen molar-refractivity contribution >= 4 is 28.5 Å². The van der Waals surface area contributed by atoms with Crippen LogP contribution in [0.2, 0.25) is 0 Å². The molecule has 1 aliphatic carbocycles. The highest BCUT2D eigenvalue weighted by atomic mass is 16.2. The molecule has 0 saturated heterocycles. The second kappa shape index (κ2) is 7.90. The first-order valence-corrected chi connectivity index (χ1v) is 12.6. The van der Waals surface area contributed by atoms with Crippen molar-refractivity contribution in [1.82, 2.24) is 15.2 Å². The Labute approximate surface area is 200 Å². The molecule has 1 saturated carbocycles. The number of para-hydroxylation sites is 2. The Morgan fingerprint density at radius 2 is 1.79 bits per heavy atom. The Bertz CT molecular complexity index is 1270. The van der Waals surface area contributed by atoms with E-state index in [0.717, 1.165) is 65.5 Å². The molecule has 2 N–H and O–H groups in total. The van der Waals surface area contributed by atoms with Crippen LogP contribution >= 0.6 is 0 Å². The Morgan fingerprint density at radius 1 is 1.06 bits per heavy atom. The van der Waals surface area contributed by atoms with Crippen molar-refractivity contribution in [2.24, 2.45) is 0 Å². The third-order valence-corrected chi connectivity index (χ3v) is 7.94. The van der Waals surface area contributed by atoms with Crippen molar-refractivity contribution in [2.45, 2.75) is 70.0 Å². The average molecular weight is 457 g/mol. The predicted octanol–water partition coefficient (Wildman–Crippen LogP) is 5.07. The number of aromatic amines is 1. The third kappa shape index (κ3) is 2.87. The second-order valence-corrected chi connectivity index (χ2v) is 10.2. The quantitative estimate of drug-likeness (QED) is 0.566. The lowest BCUT2D eigenvalue weighted by Gasteiger charge is -2.44. The molecule has 0 radical (unpaired) electrons. The van der Waals surface area contributed by atoms with Gasteiger partial charge in [-0.1, -0.05) is 55.7 Å². The van der Waals surface area contributed by atoms with E-state index in [1.807, 2.05) is 60.0 Å². The summed E-state index contributed by atoms with van der Waals surface area (Å²) in [5.41, 5.74) is 3.59. The molecule has 6 nitrogen and oxygen atoms in total. The van der Waals surface area contributed by atoms with Gasteiger partial charge in [0.15, 0.2) is 5.54 Å². The van der Waals surface area contributed by atoms with Crippen LogP contribution in [-0.2, 0) is 16.8 Å². The van der Waals surface area contributed by atoms with E-state index in [9.17, 15) is 9.59 Å². The van der Waals surface area contributed by atoms with Gasteiger partial charge in [0.1, 0.15) is 0 Å². The van der Waals surface area contributed by atoms with Crippen LogP contribution in [-0.4, -0.2) is 40.5 Å². The summed E-state index contributed by atoms with van der Waals surface area (Å²) >= 11 is 0. The van der Waals surface area contributed by atoms with Gasteiger partial charge < -0.3 is 20.1 Å². The lowest BCUT2D eigenvalue weighted by molar-refractivity contribution is -0.127. The van der Waals surface area contributed by atoms with Crippen molar-refractivity contribution in [3.05, 3.63) is 65.4 Å². The zero-order chi connectivity index (χ0) is 23.4. The molecule has 3 aliphatic rings. The monoisotopic (exact) mass is 456 g/mol. The molecule has 3 heterocycles. The van der Waals surface area contributed by atoms with Crippen molar-refractivity contribution < 1.29 is 9.59 Å². The smallest absolute Gasteiger partial charge is 0.319 e. The molecule has 0 unspecified atom stereocenters. The normalized spacial score (nSPS) is 22.5. The van der Waals surface area contributed by atoms with Gasteiger partial charge in [-0.05, 0) is 50.8 Å². The van der Waals surface area contributed by atoms with E-state index in [2.05, 4.69) is 22.4 Å². The third-order valence-electron chi connectivity index (χ3n) is 7.94. The van der Waals surface area contributed by atoms with E-state index >= 15 is 0 Å². The molecule has 6 heteroatoms. The zero-order valence-electron chi connectivity index (χ0n) is 19.9. The summed E-state index contributed by atoms with van der Waals surface area (Å²) in [6, 6.07) is 16.2. The fraction of sp³-hybridized carbons (Fsp3) is 0.429. The molecule has 0 bridgehead atoms. The van der Waals surface area contributed by atoms with E-state index in [0.29, 0.717) is 6.54 Å². The van der Waals surface area contributed by atoms with Crippen molar-refractivity contribution in [2.75, 3.05) is 11.4 Å². The number of nitrogens with zero attached hydrogens (tertiary/aromatic N) is 2. The van der Waals surface area contributed by atoms with E-state index in [1.54, 1.807) is 0 Å². The van der Waals surface area contributed by atoms with Gasteiger partial charge in [-0.3, -0.25) is 4.79 Å². The first-order chi connectivity index (χ1) is 16.5. The molecule has 3 aromatic rings. The molecule has 1 fully saturated rings. The highest BCUT2D eigenvalue weighted by molar-refractivity contribution is 6.13. The molecule has 6 rings (SSSR count). The van der Waals surface area contributed by atoms with Crippen LogP contribution in [0.4, 0.5) is 10.5 Å². The number of carbonyl (C=O) groups is 2. The van der Waals surface area contributed by atoms with Gasteiger partial charge in [0.2, 0.25) is 0 Å². The SMILES string of the molecule is CC(C)N1C(=O)[C@@]2(c3ccccc31)c1[nH]c3ccccc3c1CCN2C(=O)NC1CCCCC1. The van der Waals surface area contributed by atoms with Crippen LogP contribution in [0.5, 0.6) is 0 Å². The number of nitrogens with one attached hydrogen (secondary N) is 2. The van der Waals surface area contributed by atoms with E-state index < -0.39 is 5.54 Å². The zero-order valence-corrected chi connectivity index (χ0v) is 19.9. The minimum absolute atomic E-state index is 0.0222. The molecule has 1 spiro atoms. The Morgan fingerprint density at radius 3 is 2.59 bits per heavy atom. The Balaban J connectivity index is 1.56. The number of hydrogen-bond donors (Lipinski definition) is 2. The largest absolute Gasteiger partial charge is 0.355 e. The van der Waals surface area contributed by atoms with Crippen LogP contribution in [0.3, 0.4) is 0 Å². The number of urea groups is 1. The fourth-order valence-corrected chi connectivity index (χ4v) is 6.45. The molecule has 1 atom stereocenters. The van der Waals surface area contributed by atoms with Gasteiger partial charge in [-0.15, -0.1) is 0 Å². The van der Waals surface area contributed by atoms with Crippen molar-refractivity contribution in [1.29, 1.82) is 0 Å². The van der Waals surface area contributed by atoms with Gasteiger partial charge in [0.05, 0.1) is 11.4 Å². The minimum atomic E-state index is -1.19. The van der Waals surface area contributed by atoms with E-state index in [-0.39, 0.29) is 24.0 Å². The van der Waals surface area contributed by atoms with Crippen LogP contribution in [0.1, 0.15) is 62.8 Å². The average Bonchev–Trinajstić information content (AvgIpc) is 3.34. The van der Waals surface area contributed by atoms with Gasteiger partial charge in [0, 0.05) is 35.1 Å². The molecule has 1 aromatic heterocycles. The first kappa shape index (κ1) is 21.3. The summed E-state index contributed by atoms with van der Waals surface area (Å²) in [5, 5.41) is 4.44. The number of fused-ring (bicyclic) bond motifs is 6. The first-order valence-electron chi connectivity index (χ1n) is 12.6. The van der Waals surface area contributed by atoms with Crippen molar-refractivity contribution in [3.8, 4) is 0 Å². The summed E-state index contributed by atoms with van der Waals surface area (Å²) in [4.78, 5) is 35.7. The summed E-state index contributed by atoms with van der Waals surface area (Å²) in [6.07, 6.45) is 6.25. The van der Waals surface area contributed by atoms with Crippen LogP contribution < -0.4 is 10.2 Å². The number of benzene rings is 2. The standard InChI is InChI=1S/C28H32N4O2/c1-18(2)32-24-15-9-7-13-22(24)28(26(32)33)25-21(20-12-6-8-14-23(20)30-25)16-17-31(28)27(34)29-19-10-4-3-5-11-19/h6-9,12-15,18-19,30H,3-5,10-11,16-17H2,1-2H3,(H,29,34)/t28-/m1/s1. The van der Waals surface area contributed by atoms with Gasteiger partial charge >= 0.3 is 6.03 Å². The number of anilines is 1. The maximum Gasteiger partial charge on any atom is 0.319 e. The number of carbonyl (C=O) groups excluding carboxylic acids is 2. The molecule has 2 aliphatic heterocycles. The fourth-order valence-electron chi connectivity index (χ4n) is 6.45. The maximum absolute atomic E-state index is 14.5. The predicted molar refractivity (Wildman–Crippen MR) is 134 cm³/mol. The molecule has 176 valence electrons. The Hall–Kier alpha value is -3.28. The molecular weight excluding hydrogens is 424 g/mol. The van der Waals surface area contributed by atoms with Crippen LogP contribution in [0.15, 0.2) is 48.5 Å². The highest BCUT2D eigenvalue weighted by Gasteiger charge is 2.61. The van der Waals surface area contributed by atoms with Crippen molar-refractivity contribution in [3.63, 3.8) is 0 Å². The summed E-state index contributed by atoms with van der Waals surface area (Å²) in [7, 11) is 0. The van der Waals surface area contributed by atoms with Gasteiger partial charge in [0.25, 0.3) is 5.91 Å². The molecule has 3 amide bonds. The summed E-state index contributed by atoms with van der Waals surface area (Å²) < 4.78 is 0. The molecule has 34 heavy (non-hydrogen) atoms. The minimum Gasteiger partial charge on any atom is -0.355 e. The number of amides is 3.